The third-order valence-corrected chi connectivity index (χ3v) is 6.19. The first-order chi connectivity index (χ1) is 13.5. The van der Waals surface area contributed by atoms with Crippen LogP contribution >= 0.6 is 22.9 Å². The van der Waals surface area contributed by atoms with Crippen LogP contribution in [0.3, 0.4) is 0 Å². The van der Waals surface area contributed by atoms with Crippen LogP contribution < -0.4 is 11.1 Å². The molecule has 0 fully saturated rings. The number of carbonyl (C=O) groups excluding carboxylic acids is 2. The highest BCUT2D eigenvalue weighted by molar-refractivity contribution is 7.17. The fourth-order valence-corrected chi connectivity index (χ4v) is 5.01. The molecule has 0 saturated carbocycles. The van der Waals surface area contributed by atoms with Crippen LogP contribution in [0.15, 0.2) is 42.9 Å². The SMILES string of the molecule is NC(=O)c1c(NC(=O)Cc2cnccn2)sc2c1C(c1ccc(Cl)cc1)CC2. The Balaban J connectivity index is 1.63. The average molecular weight is 413 g/mol. The Morgan fingerprint density at radius 1 is 1.25 bits per heavy atom. The number of nitrogens with zero attached hydrogens (tertiary/aromatic N) is 2. The molecule has 6 nitrogen and oxygen atoms in total. The van der Waals surface area contributed by atoms with Crippen molar-refractivity contribution in [1.82, 2.24) is 9.97 Å². The summed E-state index contributed by atoms with van der Waals surface area (Å²) in [5.41, 5.74) is 8.67. The largest absolute Gasteiger partial charge is 0.365 e. The standard InChI is InChI=1S/C20H17ClN4O2S/c21-12-3-1-11(2-4-12)14-5-6-15-17(14)18(19(22)27)20(28-15)25-16(26)9-13-10-23-7-8-24-13/h1-4,7-8,10,14H,5-6,9H2,(H2,22,27)(H,25,26). The van der Waals surface area contributed by atoms with E-state index in [1.54, 1.807) is 12.4 Å². The quantitative estimate of drug-likeness (QED) is 0.669. The molecule has 1 aliphatic carbocycles. The van der Waals surface area contributed by atoms with Crippen molar-refractivity contribution in [1.29, 1.82) is 0 Å². The number of nitrogens with two attached hydrogens (primary N) is 1. The number of halogens is 1. The fourth-order valence-electron chi connectivity index (χ4n) is 3.58. The predicted molar refractivity (Wildman–Crippen MR) is 109 cm³/mol. The van der Waals surface area contributed by atoms with Gasteiger partial charge in [0.1, 0.15) is 5.00 Å². The number of nitrogens with one attached hydrogen (secondary N) is 1. The summed E-state index contributed by atoms with van der Waals surface area (Å²) >= 11 is 7.42. The van der Waals surface area contributed by atoms with Gasteiger partial charge in [-0.1, -0.05) is 23.7 Å². The van der Waals surface area contributed by atoms with Gasteiger partial charge in [0.05, 0.1) is 17.7 Å². The van der Waals surface area contributed by atoms with Crippen LogP contribution in [-0.4, -0.2) is 21.8 Å². The fraction of sp³-hybridized carbons (Fsp3) is 0.200. The van der Waals surface area contributed by atoms with Gasteiger partial charge >= 0.3 is 0 Å². The molecular weight excluding hydrogens is 396 g/mol. The molecule has 28 heavy (non-hydrogen) atoms. The van der Waals surface area contributed by atoms with Gasteiger partial charge in [0, 0.05) is 34.4 Å². The monoisotopic (exact) mass is 412 g/mol. The number of benzene rings is 1. The number of thiophene rings is 1. The Bertz CT molecular complexity index is 1030. The van der Waals surface area contributed by atoms with Gasteiger partial charge in [-0.2, -0.15) is 0 Å². The summed E-state index contributed by atoms with van der Waals surface area (Å²) in [4.78, 5) is 33.8. The number of aromatic nitrogens is 2. The second-order valence-corrected chi connectivity index (χ2v) is 8.11. The number of carbonyl (C=O) groups is 2. The minimum atomic E-state index is -0.534. The average Bonchev–Trinajstić information content (AvgIpc) is 3.21. The topological polar surface area (TPSA) is 98.0 Å². The van der Waals surface area contributed by atoms with Crippen LogP contribution in [0.2, 0.25) is 5.02 Å². The van der Waals surface area contributed by atoms with E-state index in [4.69, 9.17) is 17.3 Å². The molecule has 1 unspecified atom stereocenters. The van der Waals surface area contributed by atoms with Gasteiger partial charge in [-0.3, -0.25) is 19.6 Å². The van der Waals surface area contributed by atoms with E-state index in [9.17, 15) is 9.59 Å². The van der Waals surface area contributed by atoms with Crippen LogP contribution in [0.5, 0.6) is 0 Å². The third-order valence-electron chi connectivity index (χ3n) is 4.76. The lowest BCUT2D eigenvalue weighted by atomic mass is 9.91. The first-order valence-corrected chi connectivity index (χ1v) is 9.98. The van der Waals surface area contributed by atoms with Crippen LogP contribution in [0.4, 0.5) is 5.00 Å². The molecule has 3 N–H and O–H groups in total. The summed E-state index contributed by atoms with van der Waals surface area (Å²) in [6.07, 6.45) is 6.44. The molecule has 2 heterocycles. The number of hydrogen-bond donors (Lipinski definition) is 2. The van der Waals surface area contributed by atoms with Gasteiger partial charge in [-0.25, -0.2) is 0 Å². The third kappa shape index (κ3) is 3.63. The summed E-state index contributed by atoms with van der Waals surface area (Å²) in [5, 5.41) is 4.01. The van der Waals surface area contributed by atoms with Crippen LogP contribution in [0, 0.1) is 0 Å². The van der Waals surface area contributed by atoms with Crippen LogP contribution in [0.25, 0.3) is 0 Å². The van der Waals surface area contributed by atoms with E-state index >= 15 is 0 Å². The molecule has 4 rings (SSSR count). The number of hydrogen-bond acceptors (Lipinski definition) is 5. The molecule has 8 heteroatoms. The number of anilines is 1. The van der Waals surface area contributed by atoms with Gasteiger partial charge in [-0.05, 0) is 36.1 Å². The minimum absolute atomic E-state index is 0.0664. The lowest BCUT2D eigenvalue weighted by Gasteiger charge is -2.14. The molecule has 1 aliphatic rings. The molecule has 0 bridgehead atoms. The number of primary amides is 1. The normalized spacial score (nSPS) is 15.2. The predicted octanol–water partition coefficient (Wildman–Crippen LogP) is 3.55. The second kappa shape index (κ2) is 7.69. The highest BCUT2D eigenvalue weighted by Crippen LogP contribution is 2.47. The van der Waals surface area contributed by atoms with Gasteiger partial charge in [-0.15, -0.1) is 11.3 Å². The van der Waals surface area contributed by atoms with E-state index in [0.29, 0.717) is 21.3 Å². The zero-order valence-electron chi connectivity index (χ0n) is 14.8. The van der Waals surface area contributed by atoms with Gasteiger partial charge in [0.2, 0.25) is 5.91 Å². The molecule has 1 aromatic carbocycles. The molecular formula is C20H17ClN4O2S. The van der Waals surface area contributed by atoms with Crippen molar-refractivity contribution in [2.24, 2.45) is 5.73 Å². The molecule has 0 spiro atoms. The maximum Gasteiger partial charge on any atom is 0.252 e. The van der Waals surface area contributed by atoms with E-state index in [-0.39, 0.29) is 18.2 Å². The molecule has 2 amide bonds. The Kier molecular flexibility index (Phi) is 5.11. The van der Waals surface area contributed by atoms with Crippen LogP contribution in [-0.2, 0) is 17.6 Å². The number of amides is 2. The first-order valence-electron chi connectivity index (χ1n) is 8.78. The Morgan fingerprint density at radius 2 is 2.04 bits per heavy atom. The second-order valence-electron chi connectivity index (χ2n) is 6.57. The molecule has 0 aliphatic heterocycles. The maximum absolute atomic E-state index is 12.4. The number of fused-ring (bicyclic) bond motifs is 1. The summed E-state index contributed by atoms with van der Waals surface area (Å²) in [5.74, 6) is -0.726. The lowest BCUT2D eigenvalue weighted by Crippen LogP contribution is -2.20. The molecule has 1 atom stereocenters. The minimum Gasteiger partial charge on any atom is -0.365 e. The van der Waals surface area contributed by atoms with E-state index in [1.165, 1.54) is 17.5 Å². The van der Waals surface area contributed by atoms with Crippen molar-refractivity contribution in [2.75, 3.05) is 5.32 Å². The first kappa shape index (κ1) is 18.6. The summed E-state index contributed by atoms with van der Waals surface area (Å²) in [7, 11) is 0. The highest BCUT2D eigenvalue weighted by atomic mass is 35.5. The van der Waals surface area contributed by atoms with Gasteiger partial charge < -0.3 is 11.1 Å². The van der Waals surface area contributed by atoms with Crippen molar-refractivity contribution in [3.63, 3.8) is 0 Å². The van der Waals surface area contributed by atoms with Crippen molar-refractivity contribution in [2.45, 2.75) is 25.2 Å². The number of rotatable bonds is 5. The van der Waals surface area contributed by atoms with E-state index in [1.807, 2.05) is 24.3 Å². The highest BCUT2D eigenvalue weighted by Gasteiger charge is 2.33. The number of aryl methyl sites for hydroxylation is 1. The maximum atomic E-state index is 12.4. The Morgan fingerprint density at radius 3 is 2.71 bits per heavy atom. The molecule has 142 valence electrons. The Labute approximate surface area is 170 Å². The van der Waals surface area contributed by atoms with Gasteiger partial charge in [0.25, 0.3) is 5.91 Å². The smallest absolute Gasteiger partial charge is 0.252 e. The molecule has 2 aromatic heterocycles. The lowest BCUT2D eigenvalue weighted by molar-refractivity contribution is -0.115. The van der Waals surface area contributed by atoms with Crippen molar-refractivity contribution in [3.8, 4) is 0 Å². The summed E-state index contributed by atoms with van der Waals surface area (Å²) in [6, 6.07) is 7.62. The summed E-state index contributed by atoms with van der Waals surface area (Å²) < 4.78 is 0. The molecule has 0 radical (unpaired) electrons. The molecule has 0 saturated heterocycles. The van der Waals surface area contributed by atoms with E-state index < -0.39 is 5.91 Å². The Hall–Kier alpha value is -2.77. The van der Waals surface area contributed by atoms with E-state index in [0.717, 1.165) is 28.8 Å². The zero-order chi connectivity index (χ0) is 19.7. The van der Waals surface area contributed by atoms with Gasteiger partial charge in [0.15, 0.2) is 0 Å². The van der Waals surface area contributed by atoms with Crippen LogP contribution in [0.1, 0.15) is 44.4 Å². The summed E-state index contributed by atoms with van der Waals surface area (Å²) in [6.45, 7) is 0. The van der Waals surface area contributed by atoms with Crippen molar-refractivity contribution >= 4 is 39.8 Å². The van der Waals surface area contributed by atoms with E-state index in [2.05, 4.69) is 15.3 Å². The van der Waals surface area contributed by atoms with Crippen molar-refractivity contribution < 1.29 is 9.59 Å². The van der Waals surface area contributed by atoms with Crippen molar-refractivity contribution in [3.05, 3.63) is 75.1 Å². The zero-order valence-corrected chi connectivity index (χ0v) is 16.4. The molecule has 3 aromatic rings.